The van der Waals surface area contributed by atoms with E-state index in [0.29, 0.717) is 24.9 Å². The van der Waals surface area contributed by atoms with Crippen LogP contribution in [0.25, 0.3) is 0 Å². The summed E-state index contributed by atoms with van der Waals surface area (Å²) in [5.74, 6) is 1.45. The van der Waals surface area contributed by atoms with Crippen molar-refractivity contribution in [3.8, 4) is 0 Å². The molecule has 0 saturated heterocycles. The van der Waals surface area contributed by atoms with Crippen LogP contribution >= 0.6 is 22.7 Å². The maximum absolute atomic E-state index is 12.8. The van der Waals surface area contributed by atoms with Crippen LogP contribution in [0.2, 0.25) is 0 Å². The van der Waals surface area contributed by atoms with Gasteiger partial charge >= 0.3 is 0 Å². The molecular formula is C24H32N2O2S2. The summed E-state index contributed by atoms with van der Waals surface area (Å²) in [5.41, 5.74) is -0.238. The SMILES string of the molecule is CC1(C(=O)NCCc2cccs2)CC1C1CCCC(C(=O)NCCc2cccs2)C1. The molecule has 30 heavy (non-hydrogen) atoms. The molecule has 4 nitrogen and oxygen atoms in total. The minimum absolute atomic E-state index is 0.110. The van der Waals surface area contributed by atoms with E-state index in [1.807, 2.05) is 0 Å². The molecule has 2 N–H and O–H groups in total. The van der Waals surface area contributed by atoms with E-state index < -0.39 is 0 Å². The molecule has 0 aliphatic heterocycles. The first-order valence-electron chi connectivity index (χ1n) is 11.2. The van der Waals surface area contributed by atoms with Crippen molar-refractivity contribution >= 4 is 34.5 Å². The molecule has 6 heteroatoms. The average molecular weight is 445 g/mol. The van der Waals surface area contributed by atoms with E-state index in [9.17, 15) is 9.59 Å². The largest absolute Gasteiger partial charge is 0.356 e. The smallest absolute Gasteiger partial charge is 0.226 e. The maximum Gasteiger partial charge on any atom is 0.226 e. The van der Waals surface area contributed by atoms with Crippen LogP contribution < -0.4 is 10.6 Å². The molecule has 2 amide bonds. The third-order valence-electron chi connectivity index (χ3n) is 6.96. The van der Waals surface area contributed by atoms with Gasteiger partial charge in [0, 0.05) is 34.2 Å². The summed E-state index contributed by atoms with van der Waals surface area (Å²) in [5, 5.41) is 10.5. The zero-order valence-corrected chi connectivity index (χ0v) is 19.3. The molecule has 4 unspecified atom stereocenters. The lowest BCUT2D eigenvalue weighted by atomic mass is 9.77. The van der Waals surface area contributed by atoms with Gasteiger partial charge in [0.15, 0.2) is 0 Å². The lowest BCUT2D eigenvalue weighted by Gasteiger charge is -2.29. The fourth-order valence-corrected chi connectivity index (χ4v) is 6.46. The third kappa shape index (κ3) is 5.14. The van der Waals surface area contributed by atoms with E-state index in [0.717, 1.165) is 44.9 Å². The van der Waals surface area contributed by atoms with Crippen molar-refractivity contribution in [1.29, 1.82) is 0 Å². The number of hydrogen-bond acceptors (Lipinski definition) is 4. The highest BCUT2D eigenvalue weighted by atomic mass is 32.1. The van der Waals surface area contributed by atoms with Crippen LogP contribution in [0.3, 0.4) is 0 Å². The van der Waals surface area contributed by atoms with Gasteiger partial charge in [0.1, 0.15) is 0 Å². The van der Waals surface area contributed by atoms with Crippen molar-refractivity contribution in [2.45, 2.75) is 51.9 Å². The van der Waals surface area contributed by atoms with Crippen LogP contribution in [0.5, 0.6) is 0 Å². The Kier molecular flexibility index (Phi) is 6.94. The van der Waals surface area contributed by atoms with Crippen LogP contribution in [0, 0.1) is 23.2 Å². The highest BCUT2D eigenvalue weighted by Crippen LogP contribution is 2.59. The summed E-state index contributed by atoms with van der Waals surface area (Å²) < 4.78 is 0. The Balaban J connectivity index is 1.21. The zero-order chi connectivity index (χ0) is 21.0. The molecule has 0 spiro atoms. The molecule has 2 aliphatic rings. The molecule has 2 fully saturated rings. The van der Waals surface area contributed by atoms with Crippen molar-refractivity contribution in [2.75, 3.05) is 13.1 Å². The van der Waals surface area contributed by atoms with Gasteiger partial charge in [0.25, 0.3) is 0 Å². The molecule has 0 aromatic carbocycles. The van der Waals surface area contributed by atoms with E-state index in [1.54, 1.807) is 22.7 Å². The Morgan fingerprint density at radius 2 is 1.70 bits per heavy atom. The fourth-order valence-electron chi connectivity index (χ4n) is 5.04. The van der Waals surface area contributed by atoms with Gasteiger partial charge < -0.3 is 10.6 Å². The lowest BCUT2D eigenvalue weighted by molar-refractivity contribution is -0.127. The molecule has 2 aromatic rings. The first-order chi connectivity index (χ1) is 14.6. The number of amides is 2. The Morgan fingerprint density at radius 3 is 2.33 bits per heavy atom. The quantitative estimate of drug-likeness (QED) is 0.591. The van der Waals surface area contributed by atoms with Crippen molar-refractivity contribution in [3.63, 3.8) is 0 Å². The number of thiophene rings is 2. The number of carbonyl (C=O) groups excluding carboxylic acids is 2. The minimum atomic E-state index is -0.238. The van der Waals surface area contributed by atoms with Crippen molar-refractivity contribution in [1.82, 2.24) is 10.6 Å². The molecular weight excluding hydrogens is 412 g/mol. The Morgan fingerprint density at radius 1 is 1.03 bits per heavy atom. The van der Waals surface area contributed by atoms with Crippen LogP contribution in [0.15, 0.2) is 35.0 Å². The summed E-state index contributed by atoms with van der Waals surface area (Å²) in [4.78, 5) is 28.1. The zero-order valence-electron chi connectivity index (χ0n) is 17.7. The predicted octanol–water partition coefficient (Wildman–Crippen LogP) is 4.66. The Labute approximate surface area is 187 Å². The molecule has 2 saturated carbocycles. The van der Waals surface area contributed by atoms with Crippen molar-refractivity contribution in [3.05, 3.63) is 44.8 Å². The van der Waals surface area contributed by atoms with E-state index in [1.165, 1.54) is 9.75 Å². The van der Waals surface area contributed by atoms with Gasteiger partial charge in [-0.2, -0.15) is 0 Å². The number of nitrogens with one attached hydrogen (secondary N) is 2. The highest BCUT2D eigenvalue weighted by Gasteiger charge is 2.59. The van der Waals surface area contributed by atoms with Crippen molar-refractivity contribution < 1.29 is 9.59 Å². The Bertz CT molecular complexity index is 834. The molecule has 2 aromatic heterocycles. The molecule has 162 valence electrons. The molecule has 4 rings (SSSR count). The van der Waals surface area contributed by atoms with Gasteiger partial charge in [-0.1, -0.05) is 31.9 Å². The van der Waals surface area contributed by atoms with Gasteiger partial charge in [-0.15, -0.1) is 22.7 Å². The van der Waals surface area contributed by atoms with Gasteiger partial charge in [-0.25, -0.2) is 0 Å². The predicted molar refractivity (Wildman–Crippen MR) is 124 cm³/mol. The normalized spacial score (nSPS) is 28.1. The first kappa shape index (κ1) is 21.6. The fraction of sp³-hybridized carbons (Fsp3) is 0.583. The second-order valence-electron chi connectivity index (χ2n) is 9.06. The van der Waals surface area contributed by atoms with E-state index in [-0.39, 0.29) is 23.1 Å². The van der Waals surface area contributed by atoms with Crippen LogP contribution in [-0.2, 0) is 22.4 Å². The van der Waals surface area contributed by atoms with E-state index in [2.05, 4.69) is 52.6 Å². The number of rotatable bonds is 9. The van der Waals surface area contributed by atoms with Gasteiger partial charge in [0.2, 0.25) is 11.8 Å². The maximum atomic E-state index is 12.8. The molecule has 0 bridgehead atoms. The standard InChI is InChI=1S/C24H32N2O2S2/c1-24(23(28)26-12-10-20-8-4-14-30-20)16-21(24)17-5-2-6-18(15-17)22(27)25-11-9-19-7-3-13-29-19/h3-4,7-8,13-14,17-18,21H,2,5-6,9-12,15-16H2,1H3,(H,25,27)(H,26,28). The topological polar surface area (TPSA) is 58.2 Å². The lowest BCUT2D eigenvalue weighted by Crippen LogP contribution is -2.37. The summed E-state index contributed by atoms with van der Waals surface area (Å²) in [7, 11) is 0. The van der Waals surface area contributed by atoms with Gasteiger partial charge in [-0.05, 0) is 66.8 Å². The summed E-state index contributed by atoms with van der Waals surface area (Å²) in [6, 6.07) is 8.34. The van der Waals surface area contributed by atoms with Crippen LogP contribution in [-0.4, -0.2) is 24.9 Å². The first-order valence-corrected chi connectivity index (χ1v) is 12.9. The number of carbonyl (C=O) groups is 2. The molecule has 2 aliphatic carbocycles. The van der Waals surface area contributed by atoms with E-state index in [4.69, 9.17) is 0 Å². The molecule has 4 atom stereocenters. The summed E-state index contributed by atoms with van der Waals surface area (Å²) in [6.45, 7) is 3.54. The second kappa shape index (κ2) is 9.65. The second-order valence-corrected chi connectivity index (χ2v) is 11.1. The third-order valence-corrected chi connectivity index (χ3v) is 8.84. The Hall–Kier alpha value is -1.66. The number of hydrogen-bond donors (Lipinski definition) is 2. The minimum Gasteiger partial charge on any atom is -0.356 e. The van der Waals surface area contributed by atoms with E-state index >= 15 is 0 Å². The van der Waals surface area contributed by atoms with Crippen LogP contribution in [0.4, 0.5) is 0 Å². The van der Waals surface area contributed by atoms with Gasteiger partial charge in [0.05, 0.1) is 0 Å². The average Bonchev–Trinajstić information content (AvgIpc) is 3.14. The van der Waals surface area contributed by atoms with Gasteiger partial charge in [-0.3, -0.25) is 9.59 Å². The van der Waals surface area contributed by atoms with Crippen LogP contribution in [0.1, 0.15) is 48.8 Å². The highest BCUT2D eigenvalue weighted by molar-refractivity contribution is 7.10. The van der Waals surface area contributed by atoms with Crippen molar-refractivity contribution in [2.24, 2.45) is 23.2 Å². The summed E-state index contributed by atoms with van der Waals surface area (Å²) >= 11 is 3.48. The monoisotopic (exact) mass is 444 g/mol. The summed E-state index contributed by atoms with van der Waals surface area (Å²) in [6.07, 6.45) is 6.95. The molecule has 2 heterocycles. The molecule has 0 radical (unpaired) electrons.